The number of nitrogens with one attached hydrogen (secondary N) is 1. The maximum absolute atomic E-state index is 12.0. The Labute approximate surface area is 122 Å². The van der Waals surface area contributed by atoms with Crippen molar-refractivity contribution >= 4 is 23.2 Å². The molecule has 0 fully saturated rings. The van der Waals surface area contributed by atoms with E-state index in [1.807, 2.05) is 6.92 Å². The second-order valence-electron chi connectivity index (χ2n) is 4.79. The molecule has 4 heteroatoms. The van der Waals surface area contributed by atoms with Gasteiger partial charge in [0.2, 0.25) is 0 Å². The molecule has 0 radical (unpaired) electrons. The third kappa shape index (κ3) is 3.63. The van der Waals surface area contributed by atoms with Crippen LogP contribution in [0.5, 0.6) is 0 Å². The number of Topliss-reactive ketones (excluding diaryl/α,β-unsaturated/α-hetero) is 2. The zero-order valence-corrected chi connectivity index (χ0v) is 11.8. The molecule has 0 atom stereocenters. The molecule has 0 saturated heterocycles. The van der Waals surface area contributed by atoms with Crippen LogP contribution >= 0.6 is 0 Å². The van der Waals surface area contributed by atoms with Gasteiger partial charge in [0, 0.05) is 16.8 Å². The topological polar surface area (TPSA) is 63.2 Å². The van der Waals surface area contributed by atoms with E-state index in [4.69, 9.17) is 0 Å². The van der Waals surface area contributed by atoms with Crippen LogP contribution < -0.4 is 5.32 Å². The maximum atomic E-state index is 12.0. The molecule has 0 spiro atoms. The van der Waals surface area contributed by atoms with Crippen LogP contribution in [0.25, 0.3) is 0 Å². The average molecular weight is 281 g/mol. The van der Waals surface area contributed by atoms with Crippen molar-refractivity contribution in [2.75, 3.05) is 5.32 Å². The second kappa shape index (κ2) is 6.13. The van der Waals surface area contributed by atoms with Gasteiger partial charge >= 0.3 is 0 Å². The van der Waals surface area contributed by atoms with E-state index >= 15 is 0 Å². The number of rotatable bonds is 4. The second-order valence-corrected chi connectivity index (χ2v) is 4.79. The minimum absolute atomic E-state index is 0.101. The number of carbonyl (C=O) groups is 3. The fourth-order valence-corrected chi connectivity index (χ4v) is 1.84. The minimum Gasteiger partial charge on any atom is -0.319 e. The SMILES string of the molecule is CC(=O)c1cccc(NC(=O)C(=O)c2ccc(C)cc2)c1. The third-order valence-corrected chi connectivity index (χ3v) is 3.05. The first-order chi connectivity index (χ1) is 9.97. The summed E-state index contributed by atoms with van der Waals surface area (Å²) in [7, 11) is 0. The van der Waals surface area contributed by atoms with Crippen molar-refractivity contribution in [3.05, 3.63) is 65.2 Å². The summed E-state index contributed by atoms with van der Waals surface area (Å²) in [5.41, 5.74) is 2.26. The number of hydrogen-bond donors (Lipinski definition) is 1. The van der Waals surface area contributed by atoms with Gasteiger partial charge in [-0.25, -0.2) is 0 Å². The number of anilines is 1. The summed E-state index contributed by atoms with van der Waals surface area (Å²) in [6, 6.07) is 13.3. The van der Waals surface area contributed by atoms with Crippen LogP contribution in [0.15, 0.2) is 48.5 Å². The molecule has 2 aromatic carbocycles. The number of hydrogen-bond acceptors (Lipinski definition) is 3. The summed E-state index contributed by atoms with van der Waals surface area (Å²) in [5, 5.41) is 2.51. The van der Waals surface area contributed by atoms with Crippen LogP contribution in [0.3, 0.4) is 0 Å². The van der Waals surface area contributed by atoms with Crippen molar-refractivity contribution in [3.8, 4) is 0 Å². The number of amides is 1. The van der Waals surface area contributed by atoms with Gasteiger partial charge in [0.25, 0.3) is 11.7 Å². The van der Waals surface area contributed by atoms with Crippen molar-refractivity contribution in [2.24, 2.45) is 0 Å². The molecule has 4 nitrogen and oxygen atoms in total. The van der Waals surface area contributed by atoms with Gasteiger partial charge in [0.05, 0.1) is 0 Å². The monoisotopic (exact) mass is 281 g/mol. The van der Waals surface area contributed by atoms with Gasteiger partial charge in [0.15, 0.2) is 5.78 Å². The highest BCUT2D eigenvalue weighted by Crippen LogP contribution is 2.12. The summed E-state index contributed by atoms with van der Waals surface area (Å²) in [4.78, 5) is 35.2. The molecular formula is C17H15NO3. The summed E-state index contributed by atoms with van der Waals surface area (Å²) < 4.78 is 0. The number of benzene rings is 2. The van der Waals surface area contributed by atoms with Gasteiger partial charge in [0.1, 0.15) is 0 Å². The van der Waals surface area contributed by atoms with Crippen LogP contribution in [-0.2, 0) is 4.79 Å². The van der Waals surface area contributed by atoms with E-state index in [-0.39, 0.29) is 5.78 Å². The minimum atomic E-state index is -0.723. The lowest BCUT2D eigenvalue weighted by molar-refractivity contribution is -0.112. The van der Waals surface area contributed by atoms with Crippen LogP contribution in [-0.4, -0.2) is 17.5 Å². The molecule has 0 heterocycles. The first kappa shape index (κ1) is 14.7. The van der Waals surface area contributed by atoms with E-state index in [9.17, 15) is 14.4 Å². The fraction of sp³-hybridized carbons (Fsp3) is 0.118. The number of ketones is 2. The smallest absolute Gasteiger partial charge is 0.296 e. The Hall–Kier alpha value is -2.75. The molecule has 0 aliphatic carbocycles. The molecule has 0 saturated carbocycles. The zero-order chi connectivity index (χ0) is 15.4. The summed E-state index contributed by atoms with van der Waals surface area (Å²) in [6.07, 6.45) is 0. The van der Waals surface area contributed by atoms with E-state index in [1.165, 1.54) is 6.92 Å². The fourth-order valence-electron chi connectivity index (χ4n) is 1.84. The Morgan fingerprint density at radius 1 is 0.905 bits per heavy atom. The highest BCUT2D eigenvalue weighted by molar-refractivity contribution is 6.46. The average Bonchev–Trinajstić information content (AvgIpc) is 2.47. The van der Waals surface area contributed by atoms with E-state index in [2.05, 4.69) is 5.32 Å². The summed E-state index contributed by atoms with van der Waals surface area (Å²) >= 11 is 0. The van der Waals surface area contributed by atoms with Gasteiger partial charge in [-0.15, -0.1) is 0 Å². The Balaban J connectivity index is 2.14. The van der Waals surface area contributed by atoms with E-state index in [1.54, 1.807) is 48.5 Å². The van der Waals surface area contributed by atoms with Gasteiger partial charge in [-0.3, -0.25) is 14.4 Å². The van der Waals surface area contributed by atoms with E-state index in [0.717, 1.165) is 5.56 Å². The number of aryl methyl sites for hydroxylation is 1. The predicted molar refractivity (Wildman–Crippen MR) is 80.6 cm³/mol. The molecule has 0 aliphatic rings. The Morgan fingerprint density at radius 3 is 2.19 bits per heavy atom. The first-order valence-electron chi connectivity index (χ1n) is 6.51. The molecule has 21 heavy (non-hydrogen) atoms. The van der Waals surface area contributed by atoms with Crippen molar-refractivity contribution in [1.82, 2.24) is 0 Å². The molecule has 106 valence electrons. The number of carbonyl (C=O) groups excluding carboxylic acids is 3. The van der Waals surface area contributed by atoms with Crippen LogP contribution in [0.2, 0.25) is 0 Å². The van der Waals surface area contributed by atoms with Gasteiger partial charge in [-0.05, 0) is 26.0 Å². The molecule has 0 bridgehead atoms. The third-order valence-electron chi connectivity index (χ3n) is 3.05. The largest absolute Gasteiger partial charge is 0.319 e. The molecule has 2 rings (SSSR count). The summed E-state index contributed by atoms with van der Waals surface area (Å²) in [6.45, 7) is 3.35. The van der Waals surface area contributed by atoms with Crippen LogP contribution in [0.4, 0.5) is 5.69 Å². The highest BCUT2D eigenvalue weighted by atomic mass is 16.2. The van der Waals surface area contributed by atoms with E-state index < -0.39 is 11.7 Å². The predicted octanol–water partition coefficient (Wildman–Crippen LogP) is 3.02. The van der Waals surface area contributed by atoms with Gasteiger partial charge in [-0.1, -0.05) is 42.0 Å². The lowest BCUT2D eigenvalue weighted by Crippen LogP contribution is -2.22. The van der Waals surface area contributed by atoms with Crippen LogP contribution in [0, 0.1) is 6.92 Å². The quantitative estimate of drug-likeness (QED) is 0.692. The van der Waals surface area contributed by atoms with Crippen molar-refractivity contribution in [1.29, 1.82) is 0 Å². The highest BCUT2D eigenvalue weighted by Gasteiger charge is 2.16. The molecular weight excluding hydrogens is 266 g/mol. The van der Waals surface area contributed by atoms with E-state index in [0.29, 0.717) is 16.8 Å². The first-order valence-corrected chi connectivity index (χ1v) is 6.51. The Bertz CT molecular complexity index is 702. The van der Waals surface area contributed by atoms with Crippen molar-refractivity contribution in [2.45, 2.75) is 13.8 Å². The van der Waals surface area contributed by atoms with Gasteiger partial charge in [-0.2, -0.15) is 0 Å². The summed E-state index contributed by atoms with van der Waals surface area (Å²) in [5.74, 6) is -1.43. The lowest BCUT2D eigenvalue weighted by atomic mass is 10.1. The molecule has 0 aliphatic heterocycles. The van der Waals surface area contributed by atoms with Crippen molar-refractivity contribution < 1.29 is 14.4 Å². The molecule has 0 unspecified atom stereocenters. The van der Waals surface area contributed by atoms with Crippen LogP contribution in [0.1, 0.15) is 33.2 Å². The maximum Gasteiger partial charge on any atom is 0.296 e. The standard InChI is InChI=1S/C17H15NO3/c1-11-6-8-13(9-7-11)16(20)17(21)18-15-5-3-4-14(10-15)12(2)19/h3-10H,1-2H3,(H,18,21). The molecule has 1 amide bonds. The molecule has 0 aromatic heterocycles. The zero-order valence-electron chi connectivity index (χ0n) is 11.8. The lowest BCUT2D eigenvalue weighted by Gasteiger charge is -2.06. The Kier molecular flexibility index (Phi) is 4.28. The normalized spacial score (nSPS) is 10.0. The molecule has 1 N–H and O–H groups in total. The van der Waals surface area contributed by atoms with Gasteiger partial charge < -0.3 is 5.32 Å². The van der Waals surface area contributed by atoms with Crippen molar-refractivity contribution in [3.63, 3.8) is 0 Å². The molecule has 2 aromatic rings. The Morgan fingerprint density at radius 2 is 1.57 bits per heavy atom.